The van der Waals surface area contributed by atoms with E-state index >= 15 is 0 Å². The standard InChI is InChI=1S/C58H86O6/c1-4-7-10-13-16-19-22-25-27-28-29-30-31-34-36-39-42-45-48-51-57(60)63-54-55(53-62-56(59)50-47-44-41-38-35-32-24-21-18-15-12-9-6-3)64-58(61)52-49-46-43-40-37-33-26-23-20-17-14-11-8-5-2/h7-13,15-22,24-31,33-34,36,55H,4-6,14,23,32,35,37-54H2,1-3H3/b10-7+,11-8+,12-9+,16-13+,18-15+,20-17+,22-19+,24-21+,27-25+,29-28+,31-30+,33-26+,36-34+. The predicted octanol–water partition coefficient (Wildman–Crippen LogP) is 16.2. The average molecular weight is 879 g/mol. The largest absolute Gasteiger partial charge is 0.462 e. The van der Waals surface area contributed by atoms with E-state index in [2.05, 4.69) is 99.8 Å². The molecule has 0 aromatic carbocycles. The van der Waals surface area contributed by atoms with Crippen molar-refractivity contribution in [3.05, 3.63) is 158 Å². The van der Waals surface area contributed by atoms with E-state index in [1.54, 1.807) is 0 Å². The van der Waals surface area contributed by atoms with Gasteiger partial charge in [-0.3, -0.25) is 14.4 Å². The maximum atomic E-state index is 12.8. The molecular formula is C58H86O6. The molecule has 0 spiro atoms. The number of hydrogen-bond donors (Lipinski definition) is 0. The lowest BCUT2D eigenvalue weighted by molar-refractivity contribution is -0.167. The second-order valence-electron chi connectivity index (χ2n) is 15.5. The lowest BCUT2D eigenvalue weighted by Crippen LogP contribution is -2.30. The van der Waals surface area contributed by atoms with Crippen LogP contribution < -0.4 is 0 Å². The fraction of sp³-hybridized carbons (Fsp3) is 0.500. The quantitative estimate of drug-likeness (QED) is 0.0200. The van der Waals surface area contributed by atoms with Gasteiger partial charge in [-0.1, -0.05) is 217 Å². The van der Waals surface area contributed by atoms with E-state index in [4.69, 9.17) is 14.2 Å². The van der Waals surface area contributed by atoms with Crippen LogP contribution in [-0.4, -0.2) is 37.2 Å². The summed E-state index contributed by atoms with van der Waals surface area (Å²) in [6.07, 6.45) is 73.6. The Balaban J connectivity index is 4.59. The number of rotatable bonds is 41. The van der Waals surface area contributed by atoms with Crippen LogP contribution in [0.15, 0.2) is 158 Å². The van der Waals surface area contributed by atoms with Crippen LogP contribution in [0.4, 0.5) is 0 Å². The third-order valence-electron chi connectivity index (χ3n) is 9.51. The van der Waals surface area contributed by atoms with Crippen molar-refractivity contribution < 1.29 is 28.6 Å². The molecule has 0 aliphatic rings. The first-order valence-electron chi connectivity index (χ1n) is 24.6. The lowest BCUT2D eigenvalue weighted by Gasteiger charge is -2.18. The number of ether oxygens (including phenoxy) is 3. The fourth-order valence-corrected chi connectivity index (χ4v) is 5.91. The molecule has 0 heterocycles. The number of esters is 3. The zero-order valence-corrected chi connectivity index (χ0v) is 40.2. The van der Waals surface area contributed by atoms with Gasteiger partial charge >= 0.3 is 17.9 Å². The minimum Gasteiger partial charge on any atom is -0.462 e. The van der Waals surface area contributed by atoms with E-state index in [-0.39, 0.29) is 44.0 Å². The topological polar surface area (TPSA) is 78.9 Å². The van der Waals surface area contributed by atoms with Crippen molar-refractivity contribution in [2.45, 2.75) is 175 Å². The highest BCUT2D eigenvalue weighted by Gasteiger charge is 2.19. The van der Waals surface area contributed by atoms with Crippen LogP contribution in [0.3, 0.4) is 0 Å². The Labute approximate surface area is 390 Å². The number of hydrogen-bond acceptors (Lipinski definition) is 6. The zero-order valence-electron chi connectivity index (χ0n) is 40.2. The molecule has 0 bridgehead atoms. The fourth-order valence-electron chi connectivity index (χ4n) is 5.91. The highest BCUT2D eigenvalue weighted by molar-refractivity contribution is 5.71. The minimum atomic E-state index is -0.825. The molecule has 0 fully saturated rings. The highest BCUT2D eigenvalue weighted by atomic mass is 16.6. The highest BCUT2D eigenvalue weighted by Crippen LogP contribution is 2.12. The molecule has 0 amide bonds. The summed E-state index contributed by atoms with van der Waals surface area (Å²) in [7, 11) is 0. The SMILES string of the molecule is CC/C=C/C=C/C=C/C=C/C=C/C=C/C=C/CCCCCC(=O)OCC(COC(=O)CCCCCCC/C=C/C=C/C=C/CC)OC(=O)CCCCCC/C=C/C/C=C/C/C=C/CC. The maximum absolute atomic E-state index is 12.8. The second kappa shape index (κ2) is 50.7. The summed E-state index contributed by atoms with van der Waals surface area (Å²) >= 11 is 0. The second-order valence-corrected chi connectivity index (χ2v) is 15.5. The average Bonchev–Trinajstić information content (AvgIpc) is 3.29. The molecule has 0 radical (unpaired) electrons. The van der Waals surface area contributed by atoms with Crippen LogP contribution in [-0.2, 0) is 28.6 Å². The molecule has 0 saturated heterocycles. The summed E-state index contributed by atoms with van der Waals surface area (Å²) in [4.78, 5) is 37.9. The minimum absolute atomic E-state index is 0.121. The Morgan fingerprint density at radius 3 is 1.08 bits per heavy atom. The van der Waals surface area contributed by atoms with E-state index in [9.17, 15) is 14.4 Å². The Hall–Kier alpha value is -4.97. The van der Waals surface area contributed by atoms with Gasteiger partial charge in [0.05, 0.1) is 0 Å². The Morgan fingerprint density at radius 1 is 0.328 bits per heavy atom. The molecule has 0 saturated carbocycles. The number of allylic oxidation sites excluding steroid dienone is 26. The van der Waals surface area contributed by atoms with E-state index in [0.717, 1.165) is 122 Å². The molecule has 1 unspecified atom stereocenters. The van der Waals surface area contributed by atoms with Crippen molar-refractivity contribution in [1.29, 1.82) is 0 Å². The van der Waals surface area contributed by atoms with Gasteiger partial charge in [-0.05, 0) is 89.9 Å². The summed E-state index contributed by atoms with van der Waals surface area (Å²) in [6.45, 7) is 6.13. The first-order valence-corrected chi connectivity index (χ1v) is 24.6. The van der Waals surface area contributed by atoms with Crippen LogP contribution in [0.2, 0.25) is 0 Å². The molecular weight excluding hydrogens is 793 g/mol. The molecule has 0 aromatic heterocycles. The van der Waals surface area contributed by atoms with Gasteiger partial charge in [0.15, 0.2) is 6.10 Å². The predicted molar refractivity (Wildman–Crippen MR) is 274 cm³/mol. The monoisotopic (exact) mass is 879 g/mol. The Kier molecular flexibility index (Phi) is 46.7. The summed E-state index contributed by atoms with van der Waals surface area (Å²) in [6, 6.07) is 0. The van der Waals surface area contributed by atoms with E-state index in [1.807, 2.05) is 79.0 Å². The summed E-state index contributed by atoms with van der Waals surface area (Å²) in [5.74, 6) is -1.03. The molecule has 0 aromatic rings. The van der Waals surface area contributed by atoms with Crippen LogP contribution >= 0.6 is 0 Å². The zero-order chi connectivity index (χ0) is 46.5. The van der Waals surface area contributed by atoms with Gasteiger partial charge < -0.3 is 14.2 Å². The first kappa shape index (κ1) is 59.0. The molecule has 0 aliphatic carbocycles. The smallest absolute Gasteiger partial charge is 0.306 e. The van der Waals surface area contributed by atoms with Crippen molar-refractivity contribution >= 4 is 17.9 Å². The van der Waals surface area contributed by atoms with E-state index in [1.165, 1.54) is 0 Å². The van der Waals surface area contributed by atoms with Gasteiger partial charge in [0.25, 0.3) is 0 Å². The Morgan fingerprint density at radius 2 is 0.641 bits per heavy atom. The van der Waals surface area contributed by atoms with Gasteiger partial charge in [-0.25, -0.2) is 0 Å². The number of unbranched alkanes of at least 4 members (excludes halogenated alkanes) is 12. The molecule has 64 heavy (non-hydrogen) atoms. The molecule has 0 rings (SSSR count). The van der Waals surface area contributed by atoms with Crippen molar-refractivity contribution in [3.8, 4) is 0 Å². The maximum Gasteiger partial charge on any atom is 0.306 e. The number of carbonyl (C=O) groups excluding carboxylic acids is 3. The van der Waals surface area contributed by atoms with Gasteiger partial charge in [0.1, 0.15) is 13.2 Å². The van der Waals surface area contributed by atoms with Gasteiger partial charge in [0.2, 0.25) is 0 Å². The molecule has 0 aliphatic heterocycles. The lowest BCUT2D eigenvalue weighted by atomic mass is 10.1. The first-order chi connectivity index (χ1) is 31.5. The summed E-state index contributed by atoms with van der Waals surface area (Å²) < 4.78 is 16.7. The molecule has 6 heteroatoms. The molecule has 354 valence electrons. The van der Waals surface area contributed by atoms with Gasteiger partial charge in [-0.2, -0.15) is 0 Å². The normalized spacial score (nSPS) is 13.5. The molecule has 0 N–H and O–H groups in total. The Bertz CT molecular complexity index is 1520. The van der Waals surface area contributed by atoms with Crippen LogP contribution in [0.25, 0.3) is 0 Å². The molecule has 1 atom stereocenters. The van der Waals surface area contributed by atoms with Crippen molar-refractivity contribution in [1.82, 2.24) is 0 Å². The van der Waals surface area contributed by atoms with E-state index < -0.39 is 6.10 Å². The van der Waals surface area contributed by atoms with Crippen LogP contribution in [0.5, 0.6) is 0 Å². The van der Waals surface area contributed by atoms with Crippen molar-refractivity contribution in [3.63, 3.8) is 0 Å². The van der Waals surface area contributed by atoms with Crippen molar-refractivity contribution in [2.75, 3.05) is 13.2 Å². The number of carbonyl (C=O) groups is 3. The van der Waals surface area contributed by atoms with Gasteiger partial charge in [-0.15, -0.1) is 0 Å². The van der Waals surface area contributed by atoms with Crippen LogP contribution in [0, 0.1) is 0 Å². The third kappa shape index (κ3) is 48.1. The van der Waals surface area contributed by atoms with Crippen LogP contribution in [0.1, 0.15) is 168 Å². The molecule has 6 nitrogen and oxygen atoms in total. The van der Waals surface area contributed by atoms with E-state index in [0.29, 0.717) is 12.8 Å². The summed E-state index contributed by atoms with van der Waals surface area (Å²) in [5.41, 5.74) is 0. The third-order valence-corrected chi connectivity index (χ3v) is 9.51. The summed E-state index contributed by atoms with van der Waals surface area (Å²) in [5, 5.41) is 0. The van der Waals surface area contributed by atoms with Gasteiger partial charge in [0, 0.05) is 19.3 Å². The van der Waals surface area contributed by atoms with Crippen molar-refractivity contribution in [2.24, 2.45) is 0 Å².